The number of carbonyl (C=O) groups is 1. The molecule has 0 aliphatic heterocycles. The van der Waals surface area contributed by atoms with E-state index in [1.807, 2.05) is 30.3 Å². The van der Waals surface area contributed by atoms with Crippen LogP contribution >= 0.6 is 0 Å². The van der Waals surface area contributed by atoms with E-state index in [2.05, 4.69) is 0 Å². The Hall–Kier alpha value is -1.75. The molecule has 2 amide bonds. The van der Waals surface area contributed by atoms with Gasteiger partial charge in [0.2, 0.25) is 0 Å². The first-order chi connectivity index (χ1) is 7.74. The summed E-state index contributed by atoms with van der Waals surface area (Å²) in [6, 6.07) is 8.75. The van der Waals surface area contributed by atoms with Gasteiger partial charge in [0.05, 0.1) is 13.2 Å². The van der Waals surface area contributed by atoms with Crippen LogP contribution in [0.4, 0.5) is 4.79 Å². The molecule has 0 spiro atoms. The van der Waals surface area contributed by atoms with Crippen LogP contribution in [0.15, 0.2) is 30.3 Å². The molecule has 0 atom stereocenters. The largest absolute Gasteiger partial charge is 0.492 e. The minimum absolute atomic E-state index is 0.103. The highest BCUT2D eigenvalue weighted by Crippen LogP contribution is 2.07. The highest BCUT2D eigenvalue weighted by Gasteiger charge is 2.07. The minimum atomic E-state index is -0.550. The van der Waals surface area contributed by atoms with Gasteiger partial charge in [-0.3, -0.25) is 0 Å². The lowest BCUT2D eigenvalue weighted by Gasteiger charge is -2.19. The normalized spacial score (nSPS) is 9.81. The van der Waals surface area contributed by atoms with E-state index in [4.69, 9.17) is 15.6 Å². The zero-order chi connectivity index (χ0) is 11.8. The number of carbonyl (C=O) groups excluding carboxylic acids is 1. The van der Waals surface area contributed by atoms with Gasteiger partial charge in [-0.05, 0) is 12.1 Å². The van der Waals surface area contributed by atoms with E-state index in [9.17, 15) is 4.79 Å². The second kappa shape index (κ2) is 6.68. The molecule has 0 saturated carbocycles. The van der Waals surface area contributed by atoms with E-state index in [-0.39, 0.29) is 13.2 Å². The molecule has 1 aromatic rings. The molecule has 0 heterocycles. The van der Waals surface area contributed by atoms with Gasteiger partial charge in [-0.15, -0.1) is 0 Å². The van der Waals surface area contributed by atoms with Crippen LogP contribution in [-0.2, 0) is 0 Å². The van der Waals surface area contributed by atoms with E-state index in [0.29, 0.717) is 13.2 Å². The van der Waals surface area contributed by atoms with Crippen LogP contribution in [0.1, 0.15) is 0 Å². The quantitative estimate of drug-likeness (QED) is 0.736. The third-order valence-corrected chi connectivity index (χ3v) is 2.05. The summed E-state index contributed by atoms with van der Waals surface area (Å²) in [4.78, 5) is 12.2. The number of benzene rings is 1. The Bertz CT molecular complexity index is 316. The number of amides is 2. The number of ether oxygens (including phenoxy) is 1. The zero-order valence-corrected chi connectivity index (χ0v) is 9.00. The van der Waals surface area contributed by atoms with Crippen LogP contribution in [0, 0.1) is 0 Å². The topological polar surface area (TPSA) is 75.8 Å². The van der Waals surface area contributed by atoms with Gasteiger partial charge < -0.3 is 20.5 Å². The summed E-state index contributed by atoms with van der Waals surface area (Å²) in [6.45, 7) is 0.847. The fourth-order valence-electron chi connectivity index (χ4n) is 1.24. The van der Waals surface area contributed by atoms with Gasteiger partial charge in [-0.25, -0.2) is 4.79 Å². The van der Waals surface area contributed by atoms with Crippen LogP contribution in [0.5, 0.6) is 5.75 Å². The molecule has 0 fully saturated rings. The predicted molar refractivity (Wildman–Crippen MR) is 60.2 cm³/mol. The molecular weight excluding hydrogens is 208 g/mol. The molecule has 0 radical (unpaired) electrons. The maximum atomic E-state index is 10.9. The number of hydrogen-bond acceptors (Lipinski definition) is 3. The number of rotatable bonds is 6. The Morgan fingerprint density at radius 3 is 2.56 bits per heavy atom. The summed E-state index contributed by atoms with van der Waals surface area (Å²) in [5.41, 5.74) is 5.12. The molecule has 0 aliphatic carbocycles. The van der Waals surface area contributed by atoms with Crippen molar-refractivity contribution in [3.63, 3.8) is 0 Å². The number of hydrogen-bond donors (Lipinski definition) is 2. The lowest BCUT2D eigenvalue weighted by Crippen LogP contribution is -2.40. The molecule has 0 aromatic heterocycles. The van der Waals surface area contributed by atoms with Crippen LogP contribution in [0.2, 0.25) is 0 Å². The third kappa shape index (κ3) is 4.18. The van der Waals surface area contributed by atoms with Crippen molar-refractivity contribution in [2.24, 2.45) is 5.73 Å². The lowest BCUT2D eigenvalue weighted by atomic mass is 10.3. The Kier molecular flexibility index (Phi) is 5.15. The van der Waals surface area contributed by atoms with Crippen molar-refractivity contribution in [3.05, 3.63) is 30.3 Å². The zero-order valence-electron chi connectivity index (χ0n) is 9.00. The smallest absolute Gasteiger partial charge is 0.314 e. The van der Waals surface area contributed by atoms with Gasteiger partial charge in [-0.1, -0.05) is 18.2 Å². The number of nitrogens with zero attached hydrogens (tertiary/aromatic N) is 1. The van der Waals surface area contributed by atoms with Crippen molar-refractivity contribution in [1.29, 1.82) is 0 Å². The first-order valence-corrected chi connectivity index (χ1v) is 5.07. The predicted octanol–water partition coefficient (Wildman–Crippen LogP) is 0.438. The number of urea groups is 1. The summed E-state index contributed by atoms with van der Waals surface area (Å²) in [7, 11) is 0. The van der Waals surface area contributed by atoms with E-state index in [0.717, 1.165) is 5.75 Å². The summed E-state index contributed by atoms with van der Waals surface area (Å²) in [6.07, 6.45) is 0. The molecule has 5 nitrogen and oxygen atoms in total. The van der Waals surface area contributed by atoms with Crippen molar-refractivity contribution in [3.8, 4) is 5.75 Å². The average Bonchev–Trinajstić information content (AvgIpc) is 2.29. The second-order valence-corrected chi connectivity index (χ2v) is 3.21. The van der Waals surface area contributed by atoms with E-state index in [1.54, 1.807) is 0 Å². The summed E-state index contributed by atoms with van der Waals surface area (Å²) >= 11 is 0. The maximum absolute atomic E-state index is 10.9. The first-order valence-electron chi connectivity index (χ1n) is 5.07. The molecule has 0 bridgehead atoms. The molecule has 0 unspecified atom stereocenters. The van der Waals surface area contributed by atoms with E-state index in [1.165, 1.54) is 4.90 Å². The van der Waals surface area contributed by atoms with Crippen LogP contribution in [0.25, 0.3) is 0 Å². The number of aliphatic hydroxyl groups excluding tert-OH is 1. The molecule has 0 aliphatic rings. The number of aliphatic hydroxyl groups is 1. The van der Waals surface area contributed by atoms with Crippen LogP contribution < -0.4 is 10.5 Å². The highest BCUT2D eigenvalue weighted by atomic mass is 16.5. The van der Waals surface area contributed by atoms with Crippen LogP contribution in [0.3, 0.4) is 0 Å². The minimum Gasteiger partial charge on any atom is -0.492 e. The van der Waals surface area contributed by atoms with E-state index < -0.39 is 6.03 Å². The fraction of sp³-hybridized carbons (Fsp3) is 0.364. The highest BCUT2D eigenvalue weighted by molar-refractivity contribution is 5.71. The number of nitrogens with two attached hydrogens (primary N) is 1. The molecule has 1 rings (SSSR count). The standard InChI is InChI=1S/C11H16N2O3/c12-11(15)13(6-8-14)7-9-16-10-4-2-1-3-5-10/h1-5,14H,6-9H2,(H2,12,15). The van der Waals surface area contributed by atoms with Gasteiger partial charge in [-0.2, -0.15) is 0 Å². The second-order valence-electron chi connectivity index (χ2n) is 3.21. The molecule has 1 aromatic carbocycles. The van der Waals surface area contributed by atoms with Crippen molar-refractivity contribution in [2.75, 3.05) is 26.3 Å². The summed E-state index contributed by atoms with van der Waals surface area (Å²) in [5, 5.41) is 8.71. The molecule has 0 saturated heterocycles. The fourth-order valence-corrected chi connectivity index (χ4v) is 1.24. The summed E-state index contributed by atoms with van der Waals surface area (Å²) < 4.78 is 5.40. The van der Waals surface area contributed by atoms with Crippen molar-refractivity contribution in [2.45, 2.75) is 0 Å². The first kappa shape index (κ1) is 12.3. The molecule has 16 heavy (non-hydrogen) atoms. The van der Waals surface area contributed by atoms with Gasteiger partial charge in [0.1, 0.15) is 12.4 Å². The maximum Gasteiger partial charge on any atom is 0.314 e. The Morgan fingerprint density at radius 2 is 2.00 bits per heavy atom. The van der Waals surface area contributed by atoms with Crippen molar-refractivity contribution in [1.82, 2.24) is 4.90 Å². The van der Waals surface area contributed by atoms with Gasteiger partial charge in [0.15, 0.2) is 0 Å². The Labute approximate surface area is 94.4 Å². The van der Waals surface area contributed by atoms with Crippen molar-refractivity contribution >= 4 is 6.03 Å². The van der Waals surface area contributed by atoms with E-state index >= 15 is 0 Å². The third-order valence-electron chi connectivity index (χ3n) is 2.05. The Morgan fingerprint density at radius 1 is 1.31 bits per heavy atom. The lowest BCUT2D eigenvalue weighted by molar-refractivity contribution is 0.169. The average molecular weight is 224 g/mol. The monoisotopic (exact) mass is 224 g/mol. The van der Waals surface area contributed by atoms with Gasteiger partial charge in [0, 0.05) is 6.54 Å². The SMILES string of the molecule is NC(=O)N(CCO)CCOc1ccccc1. The molecular formula is C11H16N2O3. The van der Waals surface area contributed by atoms with Gasteiger partial charge in [0.25, 0.3) is 0 Å². The van der Waals surface area contributed by atoms with Crippen LogP contribution in [-0.4, -0.2) is 42.3 Å². The van der Waals surface area contributed by atoms with Gasteiger partial charge >= 0.3 is 6.03 Å². The molecule has 5 heteroatoms. The Balaban J connectivity index is 2.31. The number of para-hydroxylation sites is 1. The number of primary amides is 1. The summed E-state index contributed by atoms with van der Waals surface area (Å²) in [5.74, 6) is 0.746. The molecule has 88 valence electrons. The molecule has 3 N–H and O–H groups in total. The van der Waals surface area contributed by atoms with Crippen molar-refractivity contribution < 1.29 is 14.6 Å².